The summed E-state index contributed by atoms with van der Waals surface area (Å²) in [6, 6.07) is 1.94. The predicted molar refractivity (Wildman–Crippen MR) is 79.8 cm³/mol. The molecule has 5 heteroatoms. The lowest BCUT2D eigenvalue weighted by Crippen LogP contribution is -2.51. The third kappa shape index (κ3) is 3.46. The highest BCUT2D eigenvalue weighted by atomic mass is 16.2. The molecule has 0 saturated carbocycles. The van der Waals surface area contributed by atoms with Crippen LogP contribution in [0.2, 0.25) is 0 Å². The highest BCUT2D eigenvalue weighted by Gasteiger charge is 2.25. The molecule has 0 unspecified atom stereocenters. The lowest BCUT2D eigenvalue weighted by atomic mass is 10.1. The van der Waals surface area contributed by atoms with Crippen molar-refractivity contribution in [3.05, 3.63) is 18.0 Å². The van der Waals surface area contributed by atoms with Crippen LogP contribution in [0, 0.1) is 0 Å². The van der Waals surface area contributed by atoms with Gasteiger partial charge in [-0.25, -0.2) is 9.97 Å². The Kier molecular flexibility index (Phi) is 4.93. The number of hydrogen-bond donors (Lipinski definition) is 0. The van der Waals surface area contributed by atoms with Gasteiger partial charge in [0.15, 0.2) is 0 Å². The molecule has 20 heavy (non-hydrogen) atoms. The van der Waals surface area contributed by atoms with Gasteiger partial charge in [0.05, 0.1) is 6.54 Å². The summed E-state index contributed by atoms with van der Waals surface area (Å²) in [5.74, 6) is 1.24. The van der Waals surface area contributed by atoms with E-state index in [1.54, 1.807) is 6.20 Å². The highest BCUT2D eigenvalue weighted by Crippen LogP contribution is 2.16. The molecule has 1 aromatic heterocycles. The van der Waals surface area contributed by atoms with Gasteiger partial charge < -0.3 is 9.80 Å². The first-order chi connectivity index (χ1) is 9.61. The monoisotopic (exact) mass is 276 g/mol. The molecule has 2 rings (SSSR count). The average molecular weight is 276 g/mol. The zero-order valence-electron chi connectivity index (χ0n) is 12.7. The molecule has 2 heterocycles. The molecule has 1 amide bonds. The SMILES string of the molecule is CCCCN1CCN(c2nccc(C(C)C)n2)CC1=O. The van der Waals surface area contributed by atoms with E-state index in [2.05, 4.69) is 30.7 Å². The normalized spacial score (nSPS) is 16.1. The predicted octanol–water partition coefficient (Wildman–Crippen LogP) is 2.05. The molecule has 0 spiro atoms. The number of carbonyl (C=O) groups excluding carboxylic acids is 1. The van der Waals surface area contributed by atoms with Gasteiger partial charge in [0.1, 0.15) is 0 Å². The fourth-order valence-electron chi connectivity index (χ4n) is 2.30. The number of rotatable bonds is 5. The number of aromatic nitrogens is 2. The second kappa shape index (κ2) is 6.68. The second-order valence-electron chi connectivity index (χ2n) is 5.59. The third-order valence-electron chi connectivity index (χ3n) is 3.64. The Balaban J connectivity index is 2.02. The van der Waals surface area contributed by atoms with E-state index in [-0.39, 0.29) is 5.91 Å². The first-order valence-electron chi connectivity index (χ1n) is 7.47. The Bertz CT molecular complexity index is 461. The van der Waals surface area contributed by atoms with Gasteiger partial charge in [0, 0.05) is 31.5 Å². The van der Waals surface area contributed by atoms with Gasteiger partial charge >= 0.3 is 0 Å². The van der Waals surface area contributed by atoms with Crippen LogP contribution in [0.3, 0.4) is 0 Å². The van der Waals surface area contributed by atoms with Crippen molar-refractivity contribution < 1.29 is 4.79 Å². The fraction of sp³-hybridized carbons (Fsp3) is 0.667. The van der Waals surface area contributed by atoms with Gasteiger partial charge in [-0.2, -0.15) is 0 Å². The van der Waals surface area contributed by atoms with E-state index < -0.39 is 0 Å². The second-order valence-corrected chi connectivity index (χ2v) is 5.59. The average Bonchev–Trinajstić information content (AvgIpc) is 2.46. The van der Waals surface area contributed by atoms with Gasteiger partial charge in [0.25, 0.3) is 0 Å². The van der Waals surface area contributed by atoms with Crippen LogP contribution >= 0.6 is 0 Å². The van der Waals surface area contributed by atoms with E-state index in [1.807, 2.05) is 15.9 Å². The van der Waals surface area contributed by atoms with Crippen LogP contribution in [0.4, 0.5) is 5.95 Å². The number of anilines is 1. The van der Waals surface area contributed by atoms with Crippen molar-refractivity contribution in [2.75, 3.05) is 31.1 Å². The van der Waals surface area contributed by atoms with Crippen LogP contribution in [-0.2, 0) is 4.79 Å². The van der Waals surface area contributed by atoms with E-state index in [0.29, 0.717) is 18.4 Å². The lowest BCUT2D eigenvalue weighted by Gasteiger charge is -2.34. The number of unbranched alkanes of at least 4 members (excludes halogenated alkanes) is 1. The number of hydrogen-bond acceptors (Lipinski definition) is 4. The molecule has 0 N–H and O–H groups in total. The fourth-order valence-corrected chi connectivity index (χ4v) is 2.30. The summed E-state index contributed by atoms with van der Waals surface area (Å²) in [5, 5.41) is 0. The third-order valence-corrected chi connectivity index (χ3v) is 3.64. The quantitative estimate of drug-likeness (QED) is 0.826. The van der Waals surface area contributed by atoms with Crippen LogP contribution in [0.5, 0.6) is 0 Å². The summed E-state index contributed by atoms with van der Waals surface area (Å²) >= 11 is 0. The van der Waals surface area contributed by atoms with Crippen LogP contribution in [0.25, 0.3) is 0 Å². The van der Waals surface area contributed by atoms with Gasteiger partial charge in [-0.3, -0.25) is 4.79 Å². The molecule has 0 aliphatic carbocycles. The number of nitrogens with zero attached hydrogens (tertiary/aromatic N) is 4. The molecule has 1 fully saturated rings. The lowest BCUT2D eigenvalue weighted by molar-refractivity contribution is -0.131. The molecule has 0 bridgehead atoms. The van der Waals surface area contributed by atoms with E-state index in [4.69, 9.17) is 0 Å². The molecule has 1 aliphatic heterocycles. The Morgan fingerprint density at radius 2 is 2.15 bits per heavy atom. The van der Waals surface area contributed by atoms with Crippen LogP contribution in [0.15, 0.2) is 12.3 Å². The summed E-state index contributed by atoms with van der Waals surface area (Å²) in [6.45, 7) is 9.22. The van der Waals surface area contributed by atoms with Crippen molar-refractivity contribution in [2.24, 2.45) is 0 Å². The van der Waals surface area contributed by atoms with Crippen molar-refractivity contribution >= 4 is 11.9 Å². The smallest absolute Gasteiger partial charge is 0.242 e. The molecule has 110 valence electrons. The van der Waals surface area contributed by atoms with E-state index in [9.17, 15) is 4.79 Å². The van der Waals surface area contributed by atoms with Crippen LogP contribution in [-0.4, -0.2) is 47.0 Å². The minimum atomic E-state index is 0.184. The molecule has 1 aromatic rings. The Morgan fingerprint density at radius 1 is 1.35 bits per heavy atom. The van der Waals surface area contributed by atoms with Crippen LogP contribution in [0.1, 0.15) is 45.2 Å². The first kappa shape index (κ1) is 14.8. The molecule has 0 aromatic carbocycles. The van der Waals surface area contributed by atoms with Crippen molar-refractivity contribution in [1.82, 2.24) is 14.9 Å². The molecule has 5 nitrogen and oxygen atoms in total. The first-order valence-corrected chi connectivity index (χ1v) is 7.47. The van der Waals surface area contributed by atoms with Crippen molar-refractivity contribution in [1.29, 1.82) is 0 Å². The van der Waals surface area contributed by atoms with Gasteiger partial charge in [-0.1, -0.05) is 27.2 Å². The summed E-state index contributed by atoms with van der Waals surface area (Å²) < 4.78 is 0. The molecule has 0 radical (unpaired) electrons. The maximum absolute atomic E-state index is 12.1. The molecule has 1 saturated heterocycles. The summed E-state index contributed by atoms with van der Waals surface area (Å²) in [6.07, 6.45) is 3.98. The maximum atomic E-state index is 12.1. The van der Waals surface area contributed by atoms with E-state index in [1.165, 1.54) is 0 Å². The molecular weight excluding hydrogens is 252 g/mol. The van der Waals surface area contributed by atoms with Gasteiger partial charge in [-0.15, -0.1) is 0 Å². The number of carbonyl (C=O) groups is 1. The Labute approximate surface area is 121 Å². The molecule has 1 aliphatic rings. The minimum absolute atomic E-state index is 0.184. The largest absolute Gasteiger partial charge is 0.339 e. The van der Waals surface area contributed by atoms with Crippen molar-refractivity contribution in [3.63, 3.8) is 0 Å². The zero-order valence-corrected chi connectivity index (χ0v) is 12.7. The molecule has 0 atom stereocenters. The van der Waals surface area contributed by atoms with Crippen molar-refractivity contribution in [2.45, 2.75) is 39.5 Å². The highest BCUT2D eigenvalue weighted by molar-refractivity contribution is 5.82. The number of amides is 1. The summed E-state index contributed by atoms with van der Waals surface area (Å²) in [4.78, 5) is 24.9. The van der Waals surface area contributed by atoms with E-state index >= 15 is 0 Å². The number of piperazine rings is 1. The van der Waals surface area contributed by atoms with E-state index in [0.717, 1.165) is 38.2 Å². The van der Waals surface area contributed by atoms with Gasteiger partial charge in [-0.05, 0) is 18.4 Å². The minimum Gasteiger partial charge on any atom is -0.339 e. The summed E-state index contributed by atoms with van der Waals surface area (Å²) in [7, 11) is 0. The van der Waals surface area contributed by atoms with Crippen molar-refractivity contribution in [3.8, 4) is 0 Å². The topological polar surface area (TPSA) is 49.3 Å². The van der Waals surface area contributed by atoms with Crippen LogP contribution < -0.4 is 4.90 Å². The maximum Gasteiger partial charge on any atom is 0.242 e. The Morgan fingerprint density at radius 3 is 2.80 bits per heavy atom. The molecular formula is C15H24N4O. The standard InChI is InChI=1S/C15H24N4O/c1-4-5-8-18-9-10-19(11-14(18)20)15-16-7-6-13(17-15)12(2)3/h6-7,12H,4-5,8-11H2,1-3H3. The zero-order chi connectivity index (χ0) is 14.5. The van der Waals surface area contributed by atoms with Gasteiger partial charge in [0.2, 0.25) is 11.9 Å². The summed E-state index contributed by atoms with van der Waals surface area (Å²) in [5.41, 5.74) is 1.02. The Hall–Kier alpha value is -1.65.